The molecule has 0 bridgehead atoms. The van der Waals surface area contributed by atoms with E-state index >= 15 is 0 Å². The Morgan fingerprint density at radius 1 is 1.48 bits per heavy atom. The largest absolute Gasteiger partial charge is 0.481 e. The highest BCUT2D eigenvalue weighted by Gasteiger charge is 2.31. The molecule has 1 aromatic rings. The van der Waals surface area contributed by atoms with Crippen LogP contribution in [0.2, 0.25) is 0 Å². The highest BCUT2D eigenvalue weighted by atomic mass is 32.2. The summed E-state index contributed by atoms with van der Waals surface area (Å²) in [6.45, 7) is 0.413. The first-order valence-corrected chi connectivity index (χ1v) is 9.24. The summed E-state index contributed by atoms with van der Waals surface area (Å²) in [5.41, 5.74) is 0. The van der Waals surface area contributed by atoms with Gasteiger partial charge in [-0.3, -0.25) is 9.59 Å². The molecule has 7 nitrogen and oxygen atoms in total. The molecule has 1 atom stereocenters. The number of carboxylic acids is 1. The summed E-state index contributed by atoms with van der Waals surface area (Å²) in [6, 6.07) is 2.12. The van der Waals surface area contributed by atoms with Gasteiger partial charge in [-0.15, -0.1) is 0 Å². The van der Waals surface area contributed by atoms with Crippen LogP contribution in [0.25, 0.3) is 0 Å². The summed E-state index contributed by atoms with van der Waals surface area (Å²) in [6.07, 6.45) is 0.850. The van der Waals surface area contributed by atoms with E-state index in [9.17, 15) is 18.0 Å². The number of thioether (sulfide) groups is 1. The molecule has 0 radical (unpaired) electrons. The topological polar surface area (TPSA) is 105 Å². The van der Waals surface area contributed by atoms with Gasteiger partial charge in [0.2, 0.25) is 14.9 Å². The van der Waals surface area contributed by atoms with Gasteiger partial charge in [0, 0.05) is 24.3 Å². The number of furan rings is 1. The third-order valence-corrected chi connectivity index (χ3v) is 5.10. The van der Waals surface area contributed by atoms with Crippen LogP contribution < -0.4 is 0 Å². The molecule has 21 heavy (non-hydrogen) atoms. The van der Waals surface area contributed by atoms with E-state index < -0.39 is 27.8 Å². The van der Waals surface area contributed by atoms with Crippen molar-refractivity contribution >= 4 is 33.5 Å². The van der Waals surface area contributed by atoms with Gasteiger partial charge in [-0.25, -0.2) is 8.42 Å². The Balaban J connectivity index is 2.20. The first kappa shape index (κ1) is 15.9. The Labute approximate surface area is 126 Å². The predicted octanol–water partition coefficient (Wildman–Crippen LogP) is 0.715. The lowest BCUT2D eigenvalue weighted by Gasteiger charge is -2.33. The third-order valence-electron chi connectivity index (χ3n) is 3.06. The number of aliphatic carboxylic acids is 1. The quantitative estimate of drug-likeness (QED) is 0.865. The minimum absolute atomic E-state index is 0.0855. The van der Waals surface area contributed by atoms with Gasteiger partial charge in [0.25, 0.3) is 5.91 Å². The summed E-state index contributed by atoms with van der Waals surface area (Å²) in [4.78, 5) is 24.7. The molecular formula is C12H15NO6S2. The van der Waals surface area contributed by atoms with Crippen molar-refractivity contribution in [3.8, 4) is 0 Å². The van der Waals surface area contributed by atoms with Crippen molar-refractivity contribution in [1.82, 2.24) is 4.90 Å². The van der Waals surface area contributed by atoms with Crippen LogP contribution in [-0.2, 0) is 14.6 Å². The monoisotopic (exact) mass is 333 g/mol. The SMILES string of the molecule is CS(=O)(=O)c1ccc(C(=O)N2CCSCC2CC(=O)O)o1. The lowest BCUT2D eigenvalue weighted by atomic mass is 10.2. The van der Waals surface area contributed by atoms with E-state index in [1.807, 2.05) is 0 Å². The highest BCUT2D eigenvalue weighted by molar-refractivity contribution is 7.99. The summed E-state index contributed by atoms with van der Waals surface area (Å²) in [7, 11) is -3.51. The molecule has 2 heterocycles. The normalized spacial score (nSPS) is 19.5. The first-order valence-electron chi connectivity index (χ1n) is 6.19. The Kier molecular flexibility index (Phi) is 4.62. The number of nitrogens with zero attached hydrogens (tertiary/aromatic N) is 1. The second-order valence-corrected chi connectivity index (χ2v) is 7.81. The van der Waals surface area contributed by atoms with Crippen LogP contribution >= 0.6 is 11.8 Å². The Morgan fingerprint density at radius 2 is 2.19 bits per heavy atom. The van der Waals surface area contributed by atoms with Gasteiger partial charge in [-0.2, -0.15) is 11.8 Å². The first-order chi connectivity index (χ1) is 9.79. The number of rotatable bonds is 4. The Morgan fingerprint density at radius 3 is 2.76 bits per heavy atom. The summed E-state index contributed by atoms with van der Waals surface area (Å²) in [5.74, 6) is -0.287. The lowest BCUT2D eigenvalue weighted by molar-refractivity contribution is -0.138. The van der Waals surface area contributed by atoms with E-state index in [2.05, 4.69) is 0 Å². The average molecular weight is 333 g/mol. The number of amides is 1. The van der Waals surface area contributed by atoms with E-state index in [1.54, 1.807) is 11.8 Å². The number of sulfone groups is 1. The number of carbonyl (C=O) groups excluding carboxylic acids is 1. The third kappa shape index (κ3) is 3.79. The smallest absolute Gasteiger partial charge is 0.305 e. The molecule has 1 unspecified atom stereocenters. The molecule has 1 amide bonds. The number of hydrogen-bond acceptors (Lipinski definition) is 6. The number of hydrogen-bond donors (Lipinski definition) is 1. The summed E-state index contributed by atoms with van der Waals surface area (Å²) >= 11 is 1.59. The fourth-order valence-electron chi connectivity index (χ4n) is 2.07. The average Bonchev–Trinajstić information content (AvgIpc) is 2.87. The number of carbonyl (C=O) groups is 2. The van der Waals surface area contributed by atoms with Gasteiger partial charge in [0.1, 0.15) is 0 Å². The molecule has 0 aromatic carbocycles. The van der Waals surface area contributed by atoms with Crippen molar-refractivity contribution in [2.24, 2.45) is 0 Å². The molecule has 1 N–H and O–H groups in total. The predicted molar refractivity (Wildman–Crippen MR) is 76.2 cm³/mol. The second kappa shape index (κ2) is 6.10. The Hall–Kier alpha value is -1.48. The zero-order chi connectivity index (χ0) is 15.6. The fraction of sp³-hybridized carbons (Fsp3) is 0.500. The van der Waals surface area contributed by atoms with Crippen molar-refractivity contribution in [1.29, 1.82) is 0 Å². The second-order valence-electron chi connectivity index (χ2n) is 4.72. The van der Waals surface area contributed by atoms with Crippen LogP contribution in [0.4, 0.5) is 0 Å². The maximum Gasteiger partial charge on any atom is 0.305 e. The standard InChI is InChI=1S/C12H15NO6S2/c1-21(17,18)11-3-2-9(19-11)12(16)13-4-5-20-7-8(13)6-10(14)15/h2-3,8H,4-7H2,1H3,(H,14,15). The van der Waals surface area contributed by atoms with Crippen molar-refractivity contribution in [2.75, 3.05) is 24.3 Å². The van der Waals surface area contributed by atoms with Crippen LogP contribution in [0, 0.1) is 0 Å². The van der Waals surface area contributed by atoms with Gasteiger partial charge in [-0.1, -0.05) is 0 Å². The van der Waals surface area contributed by atoms with Crippen LogP contribution in [0.5, 0.6) is 0 Å². The van der Waals surface area contributed by atoms with Crippen LogP contribution in [0.1, 0.15) is 17.0 Å². The molecule has 1 aromatic heterocycles. The van der Waals surface area contributed by atoms with E-state index in [-0.39, 0.29) is 17.3 Å². The lowest BCUT2D eigenvalue weighted by Crippen LogP contribution is -2.47. The molecule has 116 valence electrons. The maximum atomic E-state index is 12.4. The minimum Gasteiger partial charge on any atom is -0.481 e. The molecule has 1 aliphatic heterocycles. The highest BCUT2D eigenvalue weighted by Crippen LogP contribution is 2.23. The van der Waals surface area contributed by atoms with Gasteiger partial charge < -0.3 is 14.4 Å². The summed E-state index contributed by atoms with van der Waals surface area (Å²) in [5, 5.41) is 8.63. The van der Waals surface area contributed by atoms with Gasteiger partial charge >= 0.3 is 5.97 Å². The maximum absolute atomic E-state index is 12.4. The zero-order valence-electron chi connectivity index (χ0n) is 11.3. The number of carboxylic acid groups (broad SMARTS) is 1. The zero-order valence-corrected chi connectivity index (χ0v) is 12.9. The molecule has 0 spiro atoms. The van der Waals surface area contributed by atoms with Crippen molar-refractivity contribution in [3.63, 3.8) is 0 Å². The molecular weight excluding hydrogens is 318 g/mol. The van der Waals surface area contributed by atoms with Crippen LogP contribution in [0.3, 0.4) is 0 Å². The van der Waals surface area contributed by atoms with E-state index in [0.717, 1.165) is 6.26 Å². The van der Waals surface area contributed by atoms with Crippen molar-refractivity contribution in [2.45, 2.75) is 17.6 Å². The molecule has 0 aliphatic carbocycles. The van der Waals surface area contributed by atoms with Crippen LogP contribution in [0.15, 0.2) is 21.6 Å². The van der Waals surface area contributed by atoms with Gasteiger partial charge in [0.15, 0.2) is 5.76 Å². The Bertz CT molecular complexity index is 650. The minimum atomic E-state index is -3.51. The van der Waals surface area contributed by atoms with Crippen molar-refractivity contribution in [3.05, 3.63) is 17.9 Å². The van der Waals surface area contributed by atoms with E-state index in [1.165, 1.54) is 17.0 Å². The summed E-state index contributed by atoms with van der Waals surface area (Å²) < 4.78 is 27.8. The molecule has 1 aliphatic rings. The van der Waals surface area contributed by atoms with E-state index in [4.69, 9.17) is 9.52 Å². The fourth-order valence-corrected chi connectivity index (χ4v) is 3.69. The molecule has 1 fully saturated rings. The molecule has 1 saturated heterocycles. The molecule has 2 rings (SSSR count). The van der Waals surface area contributed by atoms with Crippen LogP contribution in [-0.4, -0.2) is 60.6 Å². The molecule has 9 heteroatoms. The van der Waals surface area contributed by atoms with Crippen molar-refractivity contribution < 1.29 is 27.5 Å². The van der Waals surface area contributed by atoms with Gasteiger partial charge in [0.05, 0.1) is 12.5 Å². The van der Waals surface area contributed by atoms with Gasteiger partial charge in [-0.05, 0) is 12.1 Å². The van der Waals surface area contributed by atoms with E-state index in [0.29, 0.717) is 18.1 Å². The molecule has 0 saturated carbocycles.